The van der Waals surface area contributed by atoms with Gasteiger partial charge in [-0.1, -0.05) is 18.2 Å². The summed E-state index contributed by atoms with van der Waals surface area (Å²) in [5, 5.41) is 9.72. The Hall–Kier alpha value is -3.14. The zero-order chi connectivity index (χ0) is 18.8. The van der Waals surface area contributed by atoms with Crippen LogP contribution in [0.5, 0.6) is 17.2 Å². The van der Waals surface area contributed by atoms with Gasteiger partial charge in [0.2, 0.25) is 0 Å². The van der Waals surface area contributed by atoms with E-state index in [1.165, 1.54) is 11.1 Å². The third kappa shape index (κ3) is 3.31. The van der Waals surface area contributed by atoms with E-state index in [1.807, 2.05) is 30.3 Å². The van der Waals surface area contributed by atoms with Crippen molar-refractivity contribution in [1.29, 1.82) is 0 Å². The second-order valence-corrected chi connectivity index (χ2v) is 6.70. The van der Waals surface area contributed by atoms with Crippen LogP contribution in [-0.4, -0.2) is 25.9 Å². The fraction of sp³-hybridized carbons (Fsp3) is 0.217. The van der Waals surface area contributed by atoms with Crippen LogP contribution in [0, 0.1) is 0 Å². The van der Waals surface area contributed by atoms with Crippen molar-refractivity contribution in [3.05, 3.63) is 83.4 Å². The number of aromatic hydroxyl groups is 1. The lowest BCUT2D eigenvalue weighted by molar-refractivity contribution is 0.413. The Kier molecular flexibility index (Phi) is 4.63. The Labute approximate surface area is 159 Å². The van der Waals surface area contributed by atoms with Crippen LogP contribution in [0.2, 0.25) is 0 Å². The van der Waals surface area contributed by atoms with E-state index in [0.717, 1.165) is 35.7 Å². The molecular weight excluding hydrogens is 338 g/mol. The average Bonchev–Trinajstić information content (AvgIpc) is 2.73. The van der Waals surface area contributed by atoms with Crippen LogP contribution in [0.15, 0.2) is 66.7 Å². The molecule has 4 nitrogen and oxygen atoms in total. The van der Waals surface area contributed by atoms with Gasteiger partial charge in [0, 0.05) is 12.2 Å². The summed E-state index contributed by atoms with van der Waals surface area (Å²) in [6.07, 6.45) is 0.952. The lowest BCUT2D eigenvalue weighted by Crippen LogP contribution is -2.36. The van der Waals surface area contributed by atoms with Gasteiger partial charge >= 0.3 is 0 Å². The first kappa shape index (κ1) is 17.3. The van der Waals surface area contributed by atoms with Crippen molar-refractivity contribution in [2.45, 2.75) is 12.5 Å². The molecule has 0 amide bonds. The normalized spacial score (nSPS) is 15.9. The van der Waals surface area contributed by atoms with Crippen LogP contribution in [0.4, 0.5) is 5.69 Å². The molecule has 3 aromatic carbocycles. The molecule has 0 fully saturated rings. The predicted octanol–water partition coefficient (Wildman–Crippen LogP) is 4.56. The van der Waals surface area contributed by atoms with Gasteiger partial charge in [0.1, 0.15) is 17.2 Å². The van der Waals surface area contributed by atoms with Crippen LogP contribution >= 0.6 is 0 Å². The highest BCUT2D eigenvalue weighted by molar-refractivity contribution is 5.58. The number of fused-ring (bicyclic) bond motifs is 1. The standard InChI is InChI=1S/C23H23NO3/c1-26-20-9-5-18(6-10-20)24-14-13-17-15-21(27-2)11-12-22(17)23(24)16-3-7-19(25)8-4-16/h3-12,15,23,25H,13-14H2,1-2H3. The molecule has 1 unspecified atom stereocenters. The maximum Gasteiger partial charge on any atom is 0.119 e. The lowest BCUT2D eigenvalue weighted by Gasteiger charge is -2.39. The molecule has 0 aromatic heterocycles. The van der Waals surface area contributed by atoms with Crippen LogP contribution in [0.25, 0.3) is 0 Å². The van der Waals surface area contributed by atoms with Gasteiger partial charge < -0.3 is 19.5 Å². The monoisotopic (exact) mass is 361 g/mol. The van der Waals surface area contributed by atoms with Gasteiger partial charge in [-0.25, -0.2) is 0 Å². The molecule has 1 aliphatic rings. The molecule has 3 aromatic rings. The third-order valence-corrected chi connectivity index (χ3v) is 5.19. The Bertz CT molecular complexity index is 919. The third-order valence-electron chi connectivity index (χ3n) is 5.19. The van der Waals surface area contributed by atoms with Crippen molar-refractivity contribution < 1.29 is 14.6 Å². The minimum absolute atomic E-state index is 0.0775. The average molecular weight is 361 g/mol. The van der Waals surface area contributed by atoms with Gasteiger partial charge in [-0.05, 0) is 71.6 Å². The fourth-order valence-electron chi connectivity index (χ4n) is 3.80. The first-order valence-corrected chi connectivity index (χ1v) is 9.06. The van der Waals surface area contributed by atoms with E-state index in [4.69, 9.17) is 9.47 Å². The van der Waals surface area contributed by atoms with E-state index in [1.54, 1.807) is 26.4 Å². The summed E-state index contributed by atoms with van der Waals surface area (Å²) >= 11 is 0. The molecule has 1 heterocycles. The molecule has 1 aliphatic heterocycles. The topological polar surface area (TPSA) is 41.9 Å². The molecule has 1 N–H and O–H groups in total. The second kappa shape index (κ2) is 7.23. The quantitative estimate of drug-likeness (QED) is 0.740. The zero-order valence-corrected chi connectivity index (χ0v) is 15.6. The molecule has 0 bridgehead atoms. The summed E-state index contributed by atoms with van der Waals surface area (Å²) in [7, 11) is 3.38. The smallest absolute Gasteiger partial charge is 0.119 e. The molecule has 0 saturated heterocycles. The lowest BCUT2D eigenvalue weighted by atomic mass is 9.87. The molecule has 0 radical (unpaired) electrons. The molecule has 27 heavy (non-hydrogen) atoms. The summed E-state index contributed by atoms with van der Waals surface area (Å²) in [4.78, 5) is 2.40. The van der Waals surface area contributed by atoms with Crippen molar-refractivity contribution in [3.63, 3.8) is 0 Å². The highest BCUT2D eigenvalue weighted by Gasteiger charge is 2.29. The van der Waals surface area contributed by atoms with Crippen molar-refractivity contribution in [3.8, 4) is 17.2 Å². The molecule has 138 valence electrons. The number of phenolic OH excluding ortho intramolecular Hbond substituents is 1. The van der Waals surface area contributed by atoms with Crippen LogP contribution in [0.1, 0.15) is 22.7 Å². The molecular formula is C23H23NO3. The number of hydrogen-bond acceptors (Lipinski definition) is 4. The minimum Gasteiger partial charge on any atom is -0.508 e. The molecule has 4 heteroatoms. The highest BCUT2D eigenvalue weighted by Crippen LogP contribution is 2.40. The van der Waals surface area contributed by atoms with E-state index in [-0.39, 0.29) is 11.8 Å². The number of methoxy groups -OCH3 is 2. The van der Waals surface area contributed by atoms with Gasteiger partial charge in [0.05, 0.1) is 20.3 Å². The molecule has 0 spiro atoms. The van der Waals surface area contributed by atoms with Gasteiger partial charge in [-0.15, -0.1) is 0 Å². The van der Waals surface area contributed by atoms with Gasteiger partial charge in [0.25, 0.3) is 0 Å². The maximum absolute atomic E-state index is 9.72. The van der Waals surface area contributed by atoms with Crippen molar-refractivity contribution in [2.75, 3.05) is 25.7 Å². The first-order chi connectivity index (χ1) is 13.2. The van der Waals surface area contributed by atoms with E-state index >= 15 is 0 Å². The largest absolute Gasteiger partial charge is 0.508 e. The summed E-state index contributed by atoms with van der Waals surface area (Å²) in [5.41, 5.74) is 4.87. The Morgan fingerprint density at radius 3 is 2.19 bits per heavy atom. The second-order valence-electron chi connectivity index (χ2n) is 6.70. The summed E-state index contributed by atoms with van der Waals surface area (Å²) in [6.45, 7) is 0.901. The number of phenols is 1. The predicted molar refractivity (Wildman–Crippen MR) is 107 cm³/mol. The van der Waals surface area contributed by atoms with Crippen molar-refractivity contribution in [1.82, 2.24) is 0 Å². The molecule has 4 rings (SSSR count). The van der Waals surface area contributed by atoms with Gasteiger partial charge in [-0.2, -0.15) is 0 Å². The first-order valence-electron chi connectivity index (χ1n) is 9.06. The summed E-state index contributed by atoms with van der Waals surface area (Å²) in [5.74, 6) is 2.01. The Morgan fingerprint density at radius 1 is 0.852 bits per heavy atom. The number of benzene rings is 3. The fourth-order valence-corrected chi connectivity index (χ4v) is 3.80. The molecule has 0 saturated carbocycles. The van der Waals surface area contributed by atoms with Crippen LogP contribution in [0.3, 0.4) is 0 Å². The van der Waals surface area contributed by atoms with Crippen molar-refractivity contribution in [2.24, 2.45) is 0 Å². The van der Waals surface area contributed by atoms with Gasteiger partial charge in [0.15, 0.2) is 0 Å². The number of ether oxygens (including phenoxy) is 2. The summed E-state index contributed by atoms with van der Waals surface area (Å²) < 4.78 is 10.7. The van der Waals surface area contributed by atoms with E-state index in [9.17, 15) is 5.11 Å². The van der Waals surface area contributed by atoms with Crippen molar-refractivity contribution >= 4 is 5.69 Å². The summed E-state index contributed by atoms with van der Waals surface area (Å²) in [6, 6.07) is 22.1. The van der Waals surface area contributed by atoms with E-state index in [2.05, 4.69) is 29.2 Å². The zero-order valence-electron chi connectivity index (χ0n) is 15.6. The number of nitrogens with zero attached hydrogens (tertiary/aromatic N) is 1. The maximum atomic E-state index is 9.72. The molecule has 0 aliphatic carbocycles. The van der Waals surface area contributed by atoms with E-state index in [0.29, 0.717) is 0 Å². The Balaban J connectivity index is 1.80. The van der Waals surface area contributed by atoms with Crippen LogP contribution in [-0.2, 0) is 6.42 Å². The SMILES string of the molecule is COc1ccc(N2CCc3cc(OC)ccc3C2c2ccc(O)cc2)cc1. The van der Waals surface area contributed by atoms with Crippen LogP contribution < -0.4 is 14.4 Å². The minimum atomic E-state index is 0.0775. The highest BCUT2D eigenvalue weighted by atomic mass is 16.5. The number of hydrogen-bond donors (Lipinski definition) is 1. The number of rotatable bonds is 4. The molecule has 1 atom stereocenters. The van der Waals surface area contributed by atoms with Gasteiger partial charge in [-0.3, -0.25) is 0 Å². The van der Waals surface area contributed by atoms with E-state index < -0.39 is 0 Å². The number of anilines is 1. The Morgan fingerprint density at radius 2 is 1.52 bits per heavy atom.